The molecule has 0 radical (unpaired) electrons. The summed E-state index contributed by atoms with van der Waals surface area (Å²) in [5, 5.41) is 7.49. The number of ether oxygens (including phenoxy) is 1. The van der Waals surface area contributed by atoms with Crippen LogP contribution in [-0.4, -0.2) is 0 Å². The zero-order valence-corrected chi connectivity index (χ0v) is 30.8. The molecule has 0 bridgehead atoms. The van der Waals surface area contributed by atoms with E-state index < -0.39 is 0 Å². The minimum atomic E-state index is 0.294. The molecule has 1 heterocycles. The van der Waals surface area contributed by atoms with Gasteiger partial charge in [0.05, 0.1) is 5.69 Å². The van der Waals surface area contributed by atoms with Crippen LogP contribution in [0, 0.1) is 0 Å². The standard InChI is InChI=1S/C54H37NO/c1-2-11-36(12-3-1)37-23-28-43(29-24-37)55(44-30-25-38(26-31-44)40-27-32-46-42(33-40)22-21-39-13-4-5-15-45(39)46)52-19-8-6-16-48(52)47-18-10-14-41-34-51-49-17-7-9-20-53(49)56-54(51)35-50(41)47/h1-16,18-35,49H,17H2. The van der Waals surface area contributed by atoms with Gasteiger partial charge in [-0.25, -0.2) is 0 Å². The maximum absolute atomic E-state index is 6.46. The summed E-state index contributed by atoms with van der Waals surface area (Å²) in [5.74, 6) is 2.31. The van der Waals surface area contributed by atoms with Crippen molar-refractivity contribution < 1.29 is 4.74 Å². The molecular formula is C54H37NO. The first-order valence-electron chi connectivity index (χ1n) is 19.4. The predicted molar refractivity (Wildman–Crippen MR) is 235 cm³/mol. The Morgan fingerprint density at radius 1 is 0.446 bits per heavy atom. The normalized spacial score (nSPS) is 14.4. The van der Waals surface area contributed by atoms with Crippen molar-refractivity contribution in [3.63, 3.8) is 0 Å². The van der Waals surface area contributed by atoms with Crippen molar-refractivity contribution in [1.29, 1.82) is 0 Å². The zero-order chi connectivity index (χ0) is 37.0. The SMILES string of the molecule is C1=CCC2C(=C1)Oc1cc3c(-c4ccccc4N(c4ccc(-c5ccccc5)cc4)c4ccc(-c5ccc6c(ccc7ccccc76)c5)cc4)cccc3cc12. The Labute approximate surface area is 326 Å². The fourth-order valence-corrected chi connectivity index (χ4v) is 8.79. The molecule has 0 fully saturated rings. The molecule has 0 spiro atoms. The van der Waals surface area contributed by atoms with Crippen LogP contribution in [0.25, 0.3) is 65.7 Å². The van der Waals surface area contributed by atoms with Crippen LogP contribution in [0.15, 0.2) is 212 Å². The number of nitrogens with zero attached hydrogens (tertiary/aromatic N) is 1. The molecule has 0 aromatic heterocycles. The first-order valence-corrected chi connectivity index (χ1v) is 19.4. The molecule has 264 valence electrons. The zero-order valence-electron chi connectivity index (χ0n) is 30.8. The second kappa shape index (κ2) is 13.3. The summed E-state index contributed by atoms with van der Waals surface area (Å²) in [6.45, 7) is 0. The monoisotopic (exact) mass is 715 g/mol. The van der Waals surface area contributed by atoms with E-state index in [1.165, 1.54) is 65.7 Å². The van der Waals surface area contributed by atoms with E-state index in [2.05, 4.69) is 211 Å². The largest absolute Gasteiger partial charge is 0.461 e. The van der Waals surface area contributed by atoms with Crippen LogP contribution in [0.2, 0.25) is 0 Å². The van der Waals surface area contributed by atoms with Gasteiger partial charge < -0.3 is 9.64 Å². The number of benzene rings is 9. The lowest BCUT2D eigenvalue weighted by Crippen LogP contribution is -2.11. The first kappa shape index (κ1) is 32.3. The van der Waals surface area contributed by atoms with E-state index in [0.29, 0.717) is 5.92 Å². The van der Waals surface area contributed by atoms with Crippen LogP contribution >= 0.6 is 0 Å². The summed E-state index contributed by atoms with van der Waals surface area (Å²) in [7, 11) is 0. The summed E-state index contributed by atoms with van der Waals surface area (Å²) < 4.78 is 6.46. The van der Waals surface area contributed by atoms with Crippen molar-refractivity contribution in [2.75, 3.05) is 4.90 Å². The maximum Gasteiger partial charge on any atom is 0.131 e. The lowest BCUT2D eigenvalue weighted by molar-refractivity contribution is 0.425. The van der Waals surface area contributed by atoms with Crippen LogP contribution in [0.4, 0.5) is 17.1 Å². The highest BCUT2D eigenvalue weighted by atomic mass is 16.5. The van der Waals surface area contributed by atoms with Gasteiger partial charge in [0.1, 0.15) is 11.5 Å². The van der Waals surface area contributed by atoms with Gasteiger partial charge in [0.25, 0.3) is 0 Å². The molecular weight excluding hydrogens is 679 g/mol. The van der Waals surface area contributed by atoms with Crippen molar-refractivity contribution in [3.05, 3.63) is 218 Å². The maximum atomic E-state index is 6.46. The lowest BCUT2D eigenvalue weighted by Gasteiger charge is -2.28. The molecule has 1 aliphatic heterocycles. The minimum absolute atomic E-state index is 0.294. The molecule has 2 nitrogen and oxygen atoms in total. The molecule has 1 unspecified atom stereocenters. The van der Waals surface area contributed by atoms with Crippen molar-refractivity contribution in [2.45, 2.75) is 12.3 Å². The molecule has 0 N–H and O–H groups in total. The third-order valence-electron chi connectivity index (χ3n) is 11.6. The van der Waals surface area contributed by atoms with Gasteiger partial charge in [0.15, 0.2) is 0 Å². The highest BCUT2D eigenvalue weighted by Gasteiger charge is 2.30. The Kier molecular flexibility index (Phi) is 7.67. The average Bonchev–Trinajstić information content (AvgIpc) is 3.63. The van der Waals surface area contributed by atoms with Gasteiger partial charge in [-0.05, 0) is 121 Å². The summed E-state index contributed by atoms with van der Waals surface area (Å²) in [5.41, 5.74) is 11.7. The van der Waals surface area contributed by atoms with Crippen molar-refractivity contribution in [1.82, 2.24) is 0 Å². The Hall–Kier alpha value is -7.16. The van der Waals surface area contributed by atoms with E-state index in [0.717, 1.165) is 40.6 Å². The number of para-hydroxylation sites is 1. The van der Waals surface area contributed by atoms with Crippen LogP contribution < -0.4 is 9.64 Å². The second-order valence-corrected chi connectivity index (χ2v) is 14.8. The molecule has 2 heteroatoms. The van der Waals surface area contributed by atoms with Crippen LogP contribution in [-0.2, 0) is 0 Å². The number of fused-ring (bicyclic) bond motifs is 7. The Bertz CT molecular complexity index is 3010. The van der Waals surface area contributed by atoms with E-state index in [1.54, 1.807) is 0 Å². The van der Waals surface area contributed by atoms with Crippen molar-refractivity contribution >= 4 is 49.4 Å². The van der Waals surface area contributed by atoms with Gasteiger partial charge >= 0.3 is 0 Å². The summed E-state index contributed by atoms with van der Waals surface area (Å²) in [4.78, 5) is 2.40. The number of anilines is 3. The fraction of sp³-hybridized carbons (Fsp3) is 0.0370. The van der Waals surface area contributed by atoms with E-state index in [-0.39, 0.29) is 0 Å². The molecule has 1 atom stereocenters. The van der Waals surface area contributed by atoms with E-state index in [1.807, 2.05) is 0 Å². The van der Waals surface area contributed by atoms with Crippen LogP contribution in [0.5, 0.6) is 5.75 Å². The average molecular weight is 716 g/mol. The van der Waals surface area contributed by atoms with E-state index >= 15 is 0 Å². The smallest absolute Gasteiger partial charge is 0.131 e. The van der Waals surface area contributed by atoms with Gasteiger partial charge in [-0.1, -0.05) is 152 Å². The Morgan fingerprint density at radius 3 is 1.91 bits per heavy atom. The molecule has 0 saturated carbocycles. The van der Waals surface area contributed by atoms with Crippen LogP contribution in [0.1, 0.15) is 17.9 Å². The molecule has 56 heavy (non-hydrogen) atoms. The van der Waals surface area contributed by atoms with Gasteiger partial charge in [-0.3, -0.25) is 0 Å². The summed E-state index contributed by atoms with van der Waals surface area (Å²) in [6, 6.07) is 68.6. The topological polar surface area (TPSA) is 12.5 Å². The number of rotatable bonds is 6. The number of allylic oxidation sites excluding steroid dienone is 4. The molecule has 1 aliphatic carbocycles. The molecule has 2 aliphatic rings. The summed E-state index contributed by atoms with van der Waals surface area (Å²) in [6.07, 6.45) is 7.43. The summed E-state index contributed by atoms with van der Waals surface area (Å²) >= 11 is 0. The van der Waals surface area contributed by atoms with E-state index in [4.69, 9.17) is 4.74 Å². The minimum Gasteiger partial charge on any atom is -0.461 e. The quantitative estimate of drug-likeness (QED) is 0.159. The van der Waals surface area contributed by atoms with Crippen molar-refractivity contribution in [2.24, 2.45) is 0 Å². The highest BCUT2D eigenvalue weighted by molar-refractivity contribution is 6.08. The fourth-order valence-electron chi connectivity index (χ4n) is 8.79. The third-order valence-corrected chi connectivity index (χ3v) is 11.6. The second-order valence-electron chi connectivity index (χ2n) is 14.8. The molecule has 9 aromatic carbocycles. The molecule has 0 amide bonds. The van der Waals surface area contributed by atoms with Gasteiger partial charge in [0.2, 0.25) is 0 Å². The number of hydrogen-bond donors (Lipinski definition) is 0. The third kappa shape index (κ3) is 5.49. The first-order chi connectivity index (χ1) is 27.7. The Morgan fingerprint density at radius 2 is 1.07 bits per heavy atom. The molecule has 9 aromatic rings. The van der Waals surface area contributed by atoms with Crippen LogP contribution in [0.3, 0.4) is 0 Å². The van der Waals surface area contributed by atoms with Gasteiger partial charge in [-0.2, -0.15) is 0 Å². The molecule has 0 saturated heterocycles. The highest BCUT2D eigenvalue weighted by Crippen LogP contribution is 2.49. The van der Waals surface area contributed by atoms with Crippen molar-refractivity contribution in [3.8, 4) is 39.1 Å². The molecule has 11 rings (SSSR count). The lowest BCUT2D eigenvalue weighted by atomic mass is 9.89. The van der Waals surface area contributed by atoms with Gasteiger partial charge in [0, 0.05) is 28.4 Å². The Balaban J connectivity index is 1.03. The predicted octanol–water partition coefficient (Wildman–Crippen LogP) is 14.9. The number of hydrogen-bond acceptors (Lipinski definition) is 2. The van der Waals surface area contributed by atoms with E-state index in [9.17, 15) is 0 Å². The van der Waals surface area contributed by atoms with Gasteiger partial charge in [-0.15, -0.1) is 0 Å².